The van der Waals surface area contributed by atoms with Gasteiger partial charge in [0.2, 0.25) is 0 Å². The Labute approximate surface area is 290 Å². The van der Waals surface area contributed by atoms with Gasteiger partial charge in [-0.15, -0.1) is 0 Å². The number of fused-ring (bicyclic) bond motifs is 6. The van der Waals surface area contributed by atoms with E-state index >= 15 is 0 Å². The normalized spacial score (nSPS) is 11.6. The summed E-state index contributed by atoms with van der Waals surface area (Å²) >= 11 is 0. The van der Waals surface area contributed by atoms with Crippen LogP contribution in [-0.2, 0) is 0 Å². The Kier molecular flexibility index (Phi) is 6.53. The van der Waals surface area contributed by atoms with Gasteiger partial charge in [0.1, 0.15) is 11.2 Å². The van der Waals surface area contributed by atoms with E-state index in [1.807, 2.05) is 12.1 Å². The number of aromatic nitrogens is 1. The van der Waals surface area contributed by atoms with Crippen LogP contribution in [-0.4, -0.2) is 4.57 Å². The standard InChI is InChI=1S/C48H31NO/c1-3-10-32(11-4-1)37-24-28-41-42-29-25-38(33-12-5-2-6-13-33)31-46(42)49(45(41)30-37)39-26-22-35(23-27-39)34-18-20-36(21-19-34)40-15-9-16-44-43-14-7-8-17-47(43)50-48(40)44/h1-31H. The zero-order valence-corrected chi connectivity index (χ0v) is 27.3. The minimum absolute atomic E-state index is 0.919. The maximum Gasteiger partial charge on any atom is 0.143 e. The van der Waals surface area contributed by atoms with E-state index in [4.69, 9.17) is 4.42 Å². The highest BCUT2D eigenvalue weighted by Crippen LogP contribution is 2.39. The first-order valence-corrected chi connectivity index (χ1v) is 17.1. The van der Waals surface area contributed by atoms with Crippen molar-refractivity contribution in [1.82, 2.24) is 4.57 Å². The van der Waals surface area contributed by atoms with Crippen molar-refractivity contribution in [3.05, 3.63) is 188 Å². The first kappa shape index (κ1) is 28.4. The lowest BCUT2D eigenvalue weighted by Crippen LogP contribution is -1.94. The van der Waals surface area contributed by atoms with Gasteiger partial charge in [0.15, 0.2) is 0 Å². The van der Waals surface area contributed by atoms with E-state index in [0.29, 0.717) is 0 Å². The van der Waals surface area contributed by atoms with E-state index in [2.05, 4.69) is 180 Å². The molecule has 234 valence electrons. The van der Waals surface area contributed by atoms with Crippen LogP contribution in [0.2, 0.25) is 0 Å². The number of hydrogen-bond donors (Lipinski definition) is 0. The smallest absolute Gasteiger partial charge is 0.143 e. The highest BCUT2D eigenvalue weighted by molar-refractivity contribution is 6.11. The molecule has 2 nitrogen and oxygen atoms in total. The van der Waals surface area contributed by atoms with Gasteiger partial charge >= 0.3 is 0 Å². The fourth-order valence-corrected chi connectivity index (χ4v) is 7.54. The van der Waals surface area contributed by atoms with Gasteiger partial charge in [-0.05, 0) is 69.3 Å². The van der Waals surface area contributed by atoms with Crippen molar-refractivity contribution in [2.45, 2.75) is 0 Å². The molecule has 10 rings (SSSR count). The SMILES string of the molecule is c1ccc(-c2ccc3c4ccc(-c5ccccc5)cc4n(-c4ccc(-c5ccc(-c6cccc7c6oc6ccccc67)cc5)cc4)c3c2)cc1. The molecule has 2 heterocycles. The molecule has 0 bridgehead atoms. The average molecular weight is 638 g/mol. The lowest BCUT2D eigenvalue weighted by molar-refractivity contribution is 0.670. The quantitative estimate of drug-likeness (QED) is 0.184. The maximum atomic E-state index is 6.32. The second kappa shape index (κ2) is 11.5. The Balaban J connectivity index is 1.06. The lowest BCUT2D eigenvalue weighted by atomic mass is 9.98. The van der Waals surface area contributed by atoms with Crippen LogP contribution >= 0.6 is 0 Å². The first-order chi connectivity index (χ1) is 24.8. The molecule has 0 amide bonds. The first-order valence-electron chi connectivity index (χ1n) is 17.1. The summed E-state index contributed by atoms with van der Waals surface area (Å²) in [6.45, 7) is 0. The van der Waals surface area contributed by atoms with Crippen LogP contribution in [0, 0.1) is 0 Å². The Morgan fingerprint density at radius 2 is 0.800 bits per heavy atom. The van der Waals surface area contributed by atoms with Crippen LogP contribution in [0.3, 0.4) is 0 Å². The summed E-state index contributed by atoms with van der Waals surface area (Å²) in [6, 6.07) is 67.5. The zero-order valence-electron chi connectivity index (χ0n) is 27.3. The highest BCUT2D eigenvalue weighted by Gasteiger charge is 2.16. The van der Waals surface area contributed by atoms with Crippen molar-refractivity contribution in [3.8, 4) is 50.2 Å². The van der Waals surface area contributed by atoms with Crippen molar-refractivity contribution in [3.63, 3.8) is 0 Å². The monoisotopic (exact) mass is 637 g/mol. The molecule has 0 aliphatic carbocycles. The Hall–Kier alpha value is -6.64. The second-order valence-electron chi connectivity index (χ2n) is 12.9. The summed E-state index contributed by atoms with van der Waals surface area (Å²) in [7, 11) is 0. The number of rotatable bonds is 5. The third-order valence-electron chi connectivity index (χ3n) is 10.0. The molecule has 0 saturated heterocycles. The summed E-state index contributed by atoms with van der Waals surface area (Å²) in [4.78, 5) is 0. The van der Waals surface area contributed by atoms with Crippen LogP contribution in [0.25, 0.3) is 93.9 Å². The molecule has 0 unspecified atom stereocenters. The molecule has 0 aliphatic heterocycles. The van der Waals surface area contributed by atoms with Gasteiger partial charge in [0, 0.05) is 32.8 Å². The topological polar surface area (TPSA) is 18.1 Å². The number of furan rings is 1. The molecule has 0 spiro atoms. The molecule has 0 aliphatic rings. The fourth-order valence-electron chi connectivity index (χ4n) is 7.54. The molecular weight excluding hydrogens is 607 g/mol. The molecule has 2 aromatic heterocycles. The predicted octanol–water partition coefficient (Wildman–Crippen LogP) is 13.4. The zero-order chi connectivity index (χ0) is 33.0. The lowest BCUT2D eigenvalue weighted by Gasteiger charge is -2.11. The largest absolute Gasteiger partial charge is 0.455 e. The number of para-hydroxylation sites is 2. The van der Waals surface area contributed by atoms with Crippen LogP contribution in [0.4, 0.5) is 0 Å². The van der Waals surface area contributed by atoms with Crippen LogP contribution in [0.5, 0.6) is 0 Å². The Bertz CT molecular complexity index is 2730. The van der Waals surface area contributed by atoms with Gasteiger partial charge in [-0.2, -0.15) is 0 Å². The van der Waals surface area contributed by atoms with E-state index in [-0.39, 0.29) is 0 Å². The number of benzene rings is 8. The van der Waals surface area contributed by atoms with Gasteiger partial charge in [0.05, 0.1) is 11.0 Å². The molecule has 0 N–H and O–H groups in total. The highest BCUT2D eigenvalue weighted by atomic mass is 16.3. The third-order valence-corrected chi connectivity index (χ3v) is 10.0. The molecule has 0 atom stereocenters. The van der Waals surface area contributed by atoms with Crippen LogP contribution in [0.1, 0.15) is 0 Å². The Morgan fingerprint density at radius 3 is 1.42 bits per heavy atom. The van der Waals surface area contributed by atoms with Gasteiger partial charge in [-0.25, -0.2) is 0 Å². The number of nitrogens with zero attached hydrogens (tertiary/aromatic N) is 1. The van der Waals surface area contributed by atoms with Gasteiger partial charge < -0.3 is 8.98 Å². The van der Waals surface area contributed by atoms with E-state index in [9.17, 15) is 0 Å². The van der Waals surface area contributed by atoms with Gasteiger partial charge in [-0.3, -0.25) is 0 Å². The Morgan fingerprint density at radius 1 is 0.320 bits per heavy atom. The van der Waals surface area contributed by atoms with Crippen molar-refractivity contribution < 1.29 is 4.42 Å². The summed E-state index contributed by atoms with van der Waals surface area (Å²) in [5, 5.41) is 4.79. The van der Waals surface area contributed by atoms with E-state index < -0.39 is 0 Å². The molecular formula is C48H31NO. The summed E-state index contributed by atoms with van der Waals surface area (Å²) in [5.74, 6) is 0. The molecule has 8 aromatic carbocycles. The molecule has 0 saturated carbocycles. The van der Waals surface area contributed by atoms with Crippen LogP contribution < -0.4 is 0 Å². The summed E-state index contributed by atoms with van der Waals surface area (Å²) in [5.41, 5.74) is 14.8. The second-order valence-corrected chi connectivity index (χ2v) is 12.9. The van der Waals surface area contributed by atoms with Crippen molar-refractivity contribution in [2.24, 2.45) is 0 Å². The minimum Gasteiger partial charge on any atom is -0.455 e. The average Bonchev–Trinajstić information content (AvgIpc) is 3.74. The number of hydrogen-bond acceptors (Lipinski definition) is 1. The molecule has 2 heteroatoms. The van der Waals surface area contributed by atoms with Crippen molar-refractivity contribution >= 4 is 43.7 Å². The maximum absolute atomic E-state index is 6.32. The van der Waals surface area contributed by atoms with E-state index in [0.717, 1.165) is 38.8 Å². The molecule has 10 aromatic rings. The van der Waals surface area contributed by atoms with Gasteiger partial charge in [-0.1, -0.05) is 158 Å². The van der Waals surface area contributed by atoms with E-state index in [1.165, 1.54) is 55.2 Å². The van der Waals surface area contributed by atoms with Crippen LogP contribution in [0.15, 0.2) is 192 Å². The molecule has 0 fully saturated rings. The minimum atomic E-state index is 0.919. The van der Waals surface area contributed by atoms with Crippen molar-refractivity contribution in [2.75, 3.05) is 0 Å². The third kappa shape index (κ3) is 4.65. The van der Waals surface area contributed by atoms with Gasteiger partial charge in [0.25, 0.3) is 0 Å². The summed E-state index contributed by atoms with van der Waals surface area (Å²) < 4.78 is 8.75. The molecule has 0 radical (unpaired) electrons. The summed E-state index contributed by atoms with van der Waals surface area (Å²) in [6.07, 6.45) is 0. The van der Waals surface area contributed by atoms with Crippen molar-refractivity contribution in [1.29, 1.82) is 0 Å². The fraction of sp³-hybridized carbons (Fsp3) is 0. The predicted molar refractivity (Wildman–Crippen MR) is 210 cm³/mol. The molecule has 50 heavy (non-hydrogen) atoms. The van der Waals surface area contributed by atoms with E-state index in [1.54, 1.807) is 0 Å².